The molecule has 0 saturated heterocycles. The van der Waals surface area contributed by atoms with E-state index in [9.17, 15) is 0 Å². The van der Waals surface area contributed by atoms with E-state index in [4.69, 9.17) is 9.90 Å². The van der Waals surface area contributed by atoms with E-state index in [0.29, 0.717) is 0 Å². The first-order valence-corrected chi connectivity index (χ1v) is 0.494. The average Bonchev–Trinajstić information content (AvgIpc) is 0.918. The third kappa shape index (κ3) is 28.9. The molecule has 0 rings (SSSR count). The number of hydrogen-bond donors (Lipinski definition) is 1. The Morgan fingerprint density at radius 3 is 1.60 bits per heavy atom. The maximum absolute atomic E-state index is 8.36. The Kier molecular flexibility index (Phi) is 56.4. The van der Waals surface area contributed by atoms with Crippen molar-refractivity contribution in [2.24, 2.45) is 0 Å². The Labute approximate surface area is 80.9 Å². The minimum Gasteiger partial charge on any atom is 0 e. The summed E-state index contributed by atoms with van der Waals surface area (Å²) in [4.78, 5) is 8.36. The Morgan fingerprint density at radius 2 is 1.60 bits per heavy atom. The van der Waals surface area contributed by atoms with Crippen LogP contribution < -0.4 is 0 Å². The molecule has 0 aliphatic heterocycles. The van der Waals surface area contributed by atoms with Crippen LogP contribution in [0.15, 0.2) is 0 Å². The van der Waals surface area contributed by atoms with E-state index in [1.54, 1.807) is 0 Å². The molecule has 0 unspecified atom stereocenters. The number of hydrogen-bond acceptors (Lipinski definition) is 1. The van der Waals surface area contributed by atoms with Crippen LogP contribution in [0.5, 0.6) is 0 Å². The molecule has 0 bridgehead atoms. The van der Waals surface area contributed by atoms with Gasteiger partial charge in [0.25, 0.3) is 6.47 Å². The molecule has 0 aromatic carbocycles. The van der Waals surface area contributed by atoms with Crippen molar-refractivity contribution in [3.8, 4) is 0 Å². The van der Waals surface area contributed by atoms with Gasteiger partial charge in [-0.05, 0) is 0 Å². The van der Waals surface area contributed by atoms with Crippen molar-refractivity contribution in [3.63, 3.8) is 0 Å². The number of carboxylic acid groups (broad SMARTS) is 1. The smallest absolute Gasteiger partial charge is 0 e. The van der Waals surface area contributed by atoms with Gasteiger partial charge in [-0.1, -0.05) is 0 Å². The molecule has 0 aromatic rings. The SMILES string of the molecule is O=CO.[BaH2].[Cu]. The fraction of sp³-hybridized carbons (Fsp3) is 0. The molecule has 0 saturated carbocycles. The summed E-state index contributed by atoms with van der Waals surface area (Å²) in [5.74, 6) is 0. The topological polar surface area (TPSA) is 37.3 Å². The van der Waals surface area contributed by atoms with Gasteiger partial charge < -0.3 is 5.11 Å². The van der Waals surface area contributed by atoms with Crippen molar-refractivity contribution in [2.75, 3.05) is 0 Å². The summed E-state index contributed by atoms with van der Waals surface area (Å²) >= 11 is 0. The van der Waals surface area contributed by atoms with E-state index >= 15 is 0 Å². The van der Waals surface area contributed by atoms with Gasteiger partial charge in [0.15, 0.2) is 0 Å². The minimum absolute atomic E-state index is 0. The van der Waals surface area contributed by atoms with E-state index in [-0.39, 0.29) is 72.4 Å². The molecule has 0 aliphatic carbocycles. The first-order chi connectivity index (χ1) is 1.41. The molecule has 33 valence electrons. The second kappa shape index (κ2) is 17.6. The summed E-state index contributed by atoms with van der Waals surface area (Å²) in [7, 11) is 0. The number of rotatable bonds is 0. The van der Waals surface area contributed by atoms with Gasteiger partial charge >= 0.3 is 48.9 Å². The second-order valence-electron chi connectivity index (χ2n) is 0.105. The maximum atomic E-state index is 8.36. The molecule has 1 radical (unpaired) electrons. The van der Waals surface area contributed by atoms with Gasteiger partial charge in [0.05, 0.1) is 0 Å². The van der Waals surface area contributed by atoms with Crippen LogP contribution in [0.3, 0.4) is 0 Å². The molecular weight excluding hydrogens is 245 g/mol. The maximum Gasteiger partial charge on any atom is 0 e. The van der Waals surface area contributed by atoms with Gasteiger partial charge in [0.2, 0.25) is 0 Å². The molecule has 0 aromatic heterocycles. The van der Waals surface area contributed by atoms with Crippen LogP contribution in [0.4, 0.5) is 0 Å². The van der Waals surface area contributed by atoms with Crippen molar-refractivity contribution in [2.45, 2.75) is 0 Å². The largest absolute Gasteiger partial charge is 0 e. The second-order valence-corrected chi connectivity index (χ2v) is 0.105. The monoisotopic (exact) mass is 249 g/mol. The minimum atomic E-state index is -0.250. The Balaban J connectivity index is -0.0000000200. The van der Waals surface area contributed by atoms with Gasteiger partial charge in [-0.25, -0.2) is 0 Å². The predicted molar refractivity (Wildman–Crippen MR) is 17.2 cm³/mol. The summed E-state index contributed by atoms with van der Waals surface area (Å²) in [5.41, 5.74) is 0. The van der Waals surface area contributed by atoms with Crippen molar-refractivity contribution < 1.29 is 27.0 Å². The molecule has 0 atom stereocenters. The first kappa shape index (κ1) is 16.0. The molecule has 5 heavy (non-hydrogen) atoms. The van der Waals surface area contributed by atoms with E-state index in [2.05, 4.69) is 0 Å². The quantitative estimate of drug-likeness (QED) is 0.431. The van der Waals surface area contributed by atoms with Crippen LogP contribution in [0.2, 0.25) is 0 Å². The molecule has 0 heterocycles. The standard InChI is InChI=1S/CH2O2.Ba.Cu.2H/c2-1-3;;;;/h1H,(H,2,3);;;;. The fourth-order valence-electron chi connectivity index (χ4n) is 0. The molecule has 1 N–H and O–H groups in total. The van der Waals surface area contributed by atoms with Crippen LogP contribution in [-0.4, -0.2) is 60.5 Å². The van der Waals surface area contributed by atoms with Crippen molar-refractivity contribution in [1.29, 1.82) is 0 Å². The van der Waals surface area contributed by atoms with Gasteiger partial charge in [-0.15, -0.1) is 0 Å². The molecule has 0 fully saturated rings. The third-order valence-corrected chi connectivity index (χ3v) is 0. The van der Waals surface area contributed by atoms with Crippen LogP contribution in [0.25, 0.3) is 0 Å². The molecule has 2 nitrogen and oxygen atoms in total. The molecule has 0 spiro atoms. The molecule has 4 heteroatoms. The van der Waals surface area contributed by atoms with E-state index in [1.807, 2.05) is 0 Å². The van der Waals surface area contributed by atoms with Crippen LogP contribution in [0.1, 0.15) is 0 Å². The predicted octanol–water partition coefficient (Wildman–Crippen LogP) is -1.22. The average molecular weight is 249 g/mol. The molecule has 0 amide bonds. The van der Waals surface area contributed by atoms with E-state index in [0.717, 1.165) is 0 Å². The number of carbonyl (C=O) groups is 1. The first-order valence-electron chi connectivity index (χ1n) is 0.494. The summed E-state index contributed by atoms with van der Waals surface area (Å²) in [6, 6.07) is 0. The summed E-state index contributed by atoms with van der Waals surface area (Å²) in [6.07, 6.45) is 0. The summed E-state index contributed by atoms with van der Waals surface area (Å²) in [5, 5.41) is 6.89. The Morgan fingerprint density at radius 1 is 1.60 bits per heavy atom. The van der Waals surface area contributed by atoms with Crippen molar-refractivity contribution >= 4 is 55.4 Å². The van der Waals surface area contributed by atoms with Crippen LogP contribution in [0, 0.1) is 0 Å². The van der Waals surface area contributed by atoms with E-state index in [1.165, 1.54) is 0 Å². The third-order valence-electron chi connectivity index (χ3n) is 0. The molecule has 0 aliphatic rings. The zero-order valence-corrected chi connectivity index (χ0v) is 2.68. The normalized spacial score (nSPS) is 2.40. The Bertz CT molecular complexity index is 17.1. The van der Waals surface area contributed by atoms with Gasteiger partial charge in [-0.2, -0.15) is 0 Å². The van der Waals surface area contributed by atoms with Crippen molar-refractivity contribution in [1.82, 2.24) is 0 Å². The zero-order chi connectivity index (χ0) is 2.71. The van der Waals surface area contributed by atoms with Crippen molar-refractivity contribution in [3.05, 3.63) is 0 Å². The van der Waals surface area contributed by atoms with Gasteiger partial charge in [0.1, 0.15) is 0 Å². The summed E-state index contributed by atoms with van der Waals surface area (Å²) in [6.45, 7) is -0.250. The van der Waals surface area contributed by atoms with Gasteiger partial charge in [-0.3, -0.25) is 4.79 Å². The summed E-state index contributed by atoms with van der Waals surface area (Å²) < 4.78 is 0. The molecular formula is CH4BaCuO2. The Hall–Kier alpha value is 1.56. The van der Waals surface area contributed by atoms with Gasteiger partial charge in [0, 0.05) is 17.1 Å². The van der Waals surface area contributed by atoms with E-state index < -0.39 is 0 Å². The van der Waals surface area contributed by atoms with Crippen LogP contribution in [-0.2, 0) is 21.9 Å². The fourth-order valence-corrected chi connectivity index (χ4v) is 0. The zero-order valence-electron chi connectivity index (χ0n) is 1.73. The van der Waals surface area contributed by atoms with Crippen LogP contribution >= 0.6 is 0 Å².